The minimum absolute atomic E-state index is 0.0802. The number of likely N-dealkylation sites (N-methyl/N-ethyl adjacent to an activating group) is 1. The van der Waals surface area contributed by atoms with Gasteiger partial charge < -0.3 is 14.5 Å². The van der Waals surface area contributed by atoms with Crippen LogP contribution in [0.1, 0.15) is 25.0 Å². The number of benzene rings is 1. The van der Waals surface area contributed by atoms with E-state index in [1.807, 2.05) is 35.2 Å². The first kappa shape index (κ1) is 15.0. The van der Waals surface area contributed by atoms with Gasteiger partial charge in [-0.1, -0.05) is 37.3 Å². The van der Waals surface area contributed by atoms with Gasteiger partial charge in [0.1, 0.15) is 0 Å². The van der Waals surface area contributed by atoms with Crippen molar-refractivity contribution in [2.24, 2.45) is 0 Å². The van der Waals surface area contributed by atoms with Crippen LogP contribution in [0.5, 0.6) is 0 Å². The molecular weight excluding hydrogens is 252 g/mol. The topological polar surface area (TPSA) is 32.8 Å². The predicted octanol–water partition coefficient (Wildman–Crippen LogP) is 1.93. The zero-order valence-electron chi connectivity index (χ0n) is 12.4. The molecule has 0 aromatic heterocycles. The van der Waals surface area contributed by atoms with Gasteiger partial charge in [0, 0.05) is 26.7 Å². The molecule has 0 saturated carbocycles. The van der Waals surface area contributed by atoms with Gasteiger partial charge in [0.25, 0.3) is 5.91 Å². The second-order valence-corrected chi connectivity index (χ2v) is 5.14. The standard InChI is InChI=1S/C16H24N2O2/c1-3-17-10-7-11-18(13-12-17)16(19)15(20-2)14-8-5-4-6-9-14/h4-6,8-9,15H,3,7,10-13H2,1-2H3. The second-order valence-electron chi connectivity index (χ2n) is 5.14. The third kappa shape index (κ3) is 3.58. The first-order chi connectivity index (χ1) is 9.76. The molecule has 2 rings (SSSR count). The number of carbonyl (C=O) groups is 1. The van der Waals surface area contributed by atoms with E-state index in [-0.39, 0.29) is 5.91 Å². The minimum atomic E-state index is -0.482. The van der Waals surface area contributed by atoms with E-state index in [1.54, 1.807) is 7.11 Å². The molecule has 4 heteroatoms. The van der Waals surface area contributed by atoms with Crippen LogP contribution >= 0.6 is 0 Å². The van der Waals surface area contributed by atoms with Crippen molar-refractivity contribution in [3.63, 3.8) is 0 Å². The van der Waals surface area contributed by atoms with Crippen LogP contribution in [0, 0.1) is 0 Å². The van der Waals surface area contributed by atoms with Crippen molar-refractivity contribution in [1.29, 1.82) is 0 Å². The molecule has 1 amide bonds. The highest BCUT2D eigenvalue weighted by Crippen LogP contribution is 2.20. The molecule has 1 fully saturated rings. The van der Waals surface area contributed by atoms with Crippen molar-refractivity contribution >= 4 is 5.91 Å². The maximum absolute atomic E-state index is 12.7. The molecule has 110 valence electrons. The molecule has 20 heavy (non-hydrogen) atoms. The van der Waals surface area contributed by atoms with Gasteiger partial charge in [0.05, 0.1) is 0 Å². The summed E-state index contributed by atoms with van der Waals surface area (Å²) >= 11 is 0. The Labute approximate surface area is 121 Å². The molecule has 1 aromatic rings. The van der Waals surface area contributed by atoms with Crippen LogP contribution in [0.4, 0.5) is 0 Å². The van der Waals surface area contributed by atoms with Crippen molar-refractivity contribution in [3.05, 3.63) is 35.9 Å². The zero-order chi connectivity index (χ0) is 14.4. The Kier molecular flexibility index (Phi) is 5.56. The maximum Gasteiger partial charge on any atom is 0.256 e. The Morgan fingerprint density at radius 1 is 1.20 bits per heavy atom. The Balaban J connectivity index is 2.05. The quantitative estimate of drug-likeness (QED) is 0.842. The molecule has 1 unspecified atom stereocenters. The third-order valence-corrected chi connectivity index (χ3v) is 3.91. The summed E-state index contributed by atoms with van der Waals surface area (Å²) in [7, 11) is 1.60. The summed E-state index contributed by atoms with van der Waals surface area (Å²) in [6.45, 7) is 6.85. The third-order valence-electron chi connectivity index (χ3n) is 3.91. The Hall–Kier alpha value is -1.39. The van der Waals surface area contributed by atoms with Crippen LogP contribution in [0.2, 0.25) is 0 Å². The maximum atomic E-state index is 12.7. The summed E-state index contributed by atoms with van der Waals surface area (Å²) in [5.74, 6) is 0.0802. The number of hydrogen-bond donors (Lipinski definition) is 0. The highest BCUT2D eigenvalue weighted by atomic mass is 16.5. The summed E-state index contributed by atoms with van der Waals surface area (Å²) in [6.07, 6.45) is 0.550. The Morgan fingerprint density at radius 2 is 1.95 bits per heavy atom. The van der Waals surface area contributed by atoms with Crippen molar-refractivity contribution < 1.29 is 9.53 Å². The fraction of sp³-hybridized carbons (Fsp3) is 0.562. The normalized spacial score (nSPS) is 18.6. The van der Waals surface area contributed by atoms with Crippen molar-refractivity contribution in [2.75, 3.05) is 39.8 Å². The van der Waals surface area contributed by atoms with Gasteiger partial charge in [-0.3, -0.25) is 4.79 Å². The molecule has 0 aliphatic carbocycles. The van der Waals surface area contributed by atoms with Crippen LogP contribution in [0.25, 0.3) is 0 Å². The molecule has 1 heterocycles. The van der Waals surface area contributed by atoms with E-state index in [0.717, 1.165) is 44.7 Å². The fourth-order valence-electron chi connectivity index (χ4n) is 2.68. The molecule has 1 aliphatic rings. The van der Waals surface area contributed by atoms with Crippen LogP contribution in [0.3, 0.4) is 0 Å². The summed E-state index contributed by atoms with van der Waals surface area (Å²) in [5.41, 5.74) is 0.927. The number of rotatable bonds is 4. The number of nitrogens with zero attached hydrogens (tertiary/aromatic N) is 2. The summed E-state index contributed by atoms with van der Waals surface area (Å²) in [6, 6.07) is 9.72. The van der Waals surface area contributed by atoms with Crippen LogP contribution in [-0.2, 0) is 9.53 Å². The molecule has 1 atom stereocenters. The highest BCUT2D eigenvalue weighted by Gasteiger charge is 2.26. The van der Waals surface area contributed by atoms with E-state index in [0.29, 0.717) is 0 Å². The lowest BCUT2D eigenvalue weighted by atomic mass is 10.1. The van der Waals surface area contributed by atoms with Gasteiger partial charge in [-0.25, -0.2) is 0 Å². The lowest BCUT2D eigenvalue weighted by Gasteiger charge is -2.25. The van der Waals surface area contributed by atoms with Crippen LogP contribution < -0.4 is 0 Å². The van der Waals surface area contributed by atoms with Crippen molar-refractivity contribution in [1.82, 2.24) is 9.80 Å². The fourth-order valence-corrected chi connectivity index (χ4v) is 2.68. The van der Waals surface area contributed by atoms with Gasteiger partial charge in [-0.15, -0.1) is 0 Å². The monoisotopic (exact) mass is 276 g/mol. The first-order valence-corrected chi connectivity index (χ1v) is 7.35. The molecule has 1 aromatic carbocycles. The van der Waals surface area contributed by atoms with Gasteiger partial charge in [0.15, 0.2) is 6.10 Å². The minimum Gasteiger partial charge on any atom is -0.367 e. The number of methoxy groups -OCH3 is 1. The molecule has 1 saturated heterocycles. The summed E-state index contributed by atoms with van der Waals surface area (Å²) in [5, 5.41) is 0. The number of amides is 1. The number of ether oxygens (including phenoxy) is 1. The molecule has 0 radical (unpaired) electrons. The smallest absolute Gasteiger partial charge is 0.256 e. The van der Waals surface area contributed by atoms with E-state index < -0.39 is 6.10 Å². The molecule has 1 aliphatic heterocycles. The number of carbonyl (C=O) groups excluding carboxylic acids is 1. The Morgan fingerprint density at radius 3 is 2.60 bits per heavy atom. The van der Waals surface area contributed by atoms with E-state index in [4.69, 9.17) is 4.74 Å². The second kappa shape index (κ2) is 7.41. The Bertz CT molecular complexity index is 422. The van der Waals surface area contributed by atoms with E-state index >= 15 is 0 Å². The van der Waals surface area contributed by atoms with E-state index in [9.17, 15) is 4.79 Å². The summed E-state index contributed by atoms with van der Waals surface area (Å²) in [4.78, 5) is 17.0. The SMILES string of the molecule is CCN1CCCN(C(=O)C(OC)c2ccccc2)CC1. The average Bonchev–Trinajstić information content (AvgIpc) is 2.74. The van der Waals surface area contributed by atoms with E-state index in [1.165, 1.54) is 0 Å². The van der Waals surface area contributed by atoms with Gasteiger partial charge in [0.2, 0.25) is 0 Å². The average molecular weight is 276 g/mol. The lowest BCUT2D eigenvalue weighted by Crippen LogP contribution is -2.38. The van der Waals surface area contributed by atoms with Gasteiger partial charge in [-0.05, 0) is 25.1 Å². The van der Waals surface area contributed by atoms with Crippen LogP contribution in [-0.4, -0.2) is 55.5 Å². The molecule has 0 bridgehead atoms. The van der Waals surface area contributed by atoms with E-state index in [2.05, 4.69) is 11.8 Å². The predicted molar refractivity (Wildman–Crippen MR) is 79.5 cm³/mol. The van der Waals surface area contributed by atoms with Crippen molar-refractivity contribution in [2.45, 2.75) is 19.4 Å². The zero-order valence-corrected chi connectivity index (χ0v) is 12.4. The summed E-state index contributed by atoms with van der Waals surface area (Å²) < 4.78 is 5.44. The molecule has 4 nitrogen and oxygen atoms in total. The molecule has 0 N–H and O–H groups in total. The largest absolute Gasteiger partial charge is 0.367 e. The van der Waals surface area contributed by atoms with Crippen molar-refractivity contribution in [3.8, 4) is 0 Å². The molecular formula is C16H24N2O2. The van der Waals surface area contributed by atoms with Crippen LogP contribution in [0.15, 0.2) is 30.3 Å². The highest BCUT2D eigenvalue weighted by molar-refractivity contribution is 5.82. The number of hydrogen-bond acceptors (Lipinski definition) is 3. The van der Waals surface area contributed by atoms with Gasteiger partial charge >= 0.3 is 0 Å². The first-order valence-electron chi connectivity index (χ1n) is 7.35. The van der Waals surface area contributed by atoms with Gasteiger partial charge in [-0.2, -0.15) is 0 Å². The lowest BCUT2D eigenvalue weighted by molar-refractivity contribution is -0.142. The molecule has 0 spiro atoms.